The number of hydrogen-bond acceptors (Lipinski definition) is 3. The van der Waals surface area contributed by atoms with Gasteiger partial charge in [0.25, 0.3) is 0 Å². The number of rotatable bonds is 5. The van der Waals surface area contributed by atoms with Gasteiger partial charge in [0.15, 0.2) is 0 Å². The average molecular weight is 371 g/mol. The summed E-state index contributed by atoms with van der Waals surface area (Å²) in [6.07, 6.45) is 2.04. The summed E-state index contributed by atoms with van der Waals surface area (Å²) in [5, 5.41) is 3.38. The summed E-state index contributed by atoms with van der Waals surface area (Å²) in [6, 6.07) is 8.47. The highest BCUT2D eigenvalue weighted by atomic mass is 127. The zero-order valence-electron chi connectivity index (χ0n) is 11.4. The molecule has 0 bridgehead atoms. The predicted molar refractivity (Wildman–Crippen MR) is 86.0 cm³/mol. The number of nitrogens with zero attached hydrogens (tertiary/aromatic N) is 2. The summed E-state index contributed by atoms with van der Waals surface area (Å²) in [6.45, 7) is 4.73. The van der Waals surface area contributed by atoms with Crippen LogP contribution >= 0.6 is 22.6 Å². The van der Waals surface area contributed by atoms with Gasteiger partial charge in [-0.2, -0.15) is 0 Å². The number of imidazole rings is 1. The van der Waals surface area contributed by atoms with Gasteiger partial charge >= 0.3 is 0 Å². The lowest BCUT2D eigenvalue weighted by atomic mass is 10.3. The Morgan fingerprint density at radius 2 is 2.16 bits per heavy atom. The maximum absolute atomic E-state index is 5.15. The van der Waals surface area contributed by atoms with Crippen LogP contribution in [0.2, 0.25) is 0 Å². The van der Waals surface area contributed by atoms with Crippen LogP contribution in [0, 0.1) is 10.5 Å². The van der Waals surface area contributed by atoms with Crippen LogP contribution in [0.5, 0.6) is 0 Å². The van der Waals surface area contributed by atoms with E-state index in [1.54, 1.807) is 7.11 Å². The number of aromatic nitrogens is 2. The molecule has 5 heteroatoms. The number of methoxy groups -OCH3 is 1. The molecule has 2 aromatic rings. The molecule has 1 aromatic carbocycles. The maximum Gasteiger partial charge on any atom is 0.208 e. The summed E-state index contributed by atoms with van der Waals surface area (Å²) < 4.78 is 8.43. The first-order valence-electron chi connectivity index (χ1n) is 6.18. The number of hydrogen-bond donors (Lipinski definition) is 1. The number of aryl methyl sites for hydroxylation is 1. The molecule has 1 unspecified atom stereocenters. The molecule has 0 spiro atoms. The largest absolute Gasteiger partial charge is 0.383 e. The van der Waals surface area contributed by atoms with Gasteiger partial charge in [-0.15, -0.1) is 0 Å². The lowest BCUT2D eigenvalue weighted by molar-refractivity contribution is 0.190. The molecule has 0 saturated heterocycles. The number of benzene rings is 1. The fraction of sp³-hybridized carbons (Fsp3) is 0.357. The van der Waals surface area contributed by atoms with Crippen molar-refractivity contribution in [2.75, 3.05) is 19.0 Å². The minimum atomic E-state index is 0.215. The third-order valence-corrected chi connectivity index (χ3v) is 3.64. The molecule has 1 N–H and O–H groups in total. The summed E-state index contributed by atoms with van der Waals surface area (Å²) in [5.41, 5.74) is 2.13. The second-order valence-electron chi connectivity index (χ2n) is 4.53. The van der Waals surface area contributed by atoms with E-state index in [1.165, 1.54) is 3.57 Å². The van der Waals surface area contributed by atoms with Crippen molar-refractivity contribution < 1.29 is 4.74 Å². The van der Waals surface area contributed by atoms with Crippen molar-refractivity contribution in [3.05, 3.63) is 39.7 Å². The normalized spacial score (nSPS) is 12.4. The van der Waals surface area contributed by atoms with Crippen LogP contribution in [0.3, 0.4) is 0 Å². The number of halogens is 1. The van der Waals surface area contributed by atoms with Crippen LogP contribution in [0.4, 0.5) is 5.95 Å². The second-order valence-corrected chi connectivity index (χ2v) is 5.69. The first-order valence-corrected chi connectivity index (χ1v) is 7.26. The third-order valence-electron chi connectivity index (χ3n) is 2.73. The molecule has 0 aliphatic heterocycles. The van der Waals surface area contributed by atoms with Crippen molar-refractivity contribution in [1.29, 1.82) is 0 Å². The fourth-order valence-electron chi connectivity index (χ4n) is 1.94. The summed E-state index contributed by atoms with van der Waals surface area (Å²) >= 11 is 2.34. The minimum absolute atomic E-state index is 0.215. The molecule has 1 aromatic heterocycles. The van der Waals surface area contributed by atoms with Gasteiger partial charge in [0, 0.05) is 22.9 Å². The lowest BCUT2D eigenvalue weighted by Crippen LogP contribution is -2.23. The molecule has 0 saturated carbocycles. The van der Waals surface area contributed by atoms with E-state index in [1.807, 2.05) is 25.3 Å². The molecule has 0 amide bonds. The minimum Gasteiger partial charge on any atom is -0.383 e. The molecule has 19 heavy (non-hydrogen) atoms. The predicted octanol–water partition coefficient (Wildman–Crippen LogP) is 3.23. The van der Waals surface area contributed by atoms with Crippen LogP contribution in [-0.4, -0.2) is 29.3 Å². The van der Waals surface area contributed by atoms with Gasteiger partial charge in [0.05, 0.1) is 18.0 Å². The van der Waals surface area contributed by atoms with Gasteiger partial charge in [-0.25, -0.2) is 4.98 Å². The number of para-hydroxylation sites is 1. The van der Waals surface area contributed by atoms with E-state index >= 15 is 0 Å². The van der Waals surface area contributed by atoms with E-state index < -0.39 is 0 Å². The number of nitrogens with one attached hydrogen (secondary N) is 1. The van der Waals surface area contributed by atoms with Crippen LogP contribution < -0.4 is 5.32 Å². The van der Waals surface area contributed by atoms with E-state index in [9.17, 15) is 0 Å². The van der Waals surface area contributed by atoms with Gasteiger partial charge in [0.1, 0.15) is 0 Å². The Bertz CT molecular complexity index is 553. The van der Waals surface area contributed by atoms with Crippen molar-refractivity contribution in [1.82, 2.24) is 9.55 Å². The zero-order valence-corrected chi connectivity index (χ0v) is 13.5. The molecule has 0 aliphatic carbocycles. The van der Waals surface area contributed by atoms with E-state index in [0.717, 1.165) is 17.3 Å². The fourth-order valence-corrected chi connectivity index (χ4v) is 2.59. The molecule has 2 rings (SSSR count). The molecule has 1 atom stereocenters. The second kappa shape index (κ2) is 6.38. The standard InChI is InChI=1S/C14H18IN3O/c1-10-8-18(13-7-5-4-6-12(13)15)14(16-10)17-11(2)9-19-3/h4-8,11H,9H2,1-3H3,(H,16,17). The Morgan fingerprint density at radius 3 is 2.84 bits per heavy atom. The number of anilines is 1. The Morgan fingerprint density at radius 1 is 1.42 bits per heavy atom. The van der Waals surface area contributed by atoms with E-state index in [0.29, 0.717) is 6.61 Å². The first-order chi connectivity index (χ1) is 9.11. The highest BCUT2D eigenvalue weighted by Gasteiger charge is 2.12. The Kier molecular flexibility index (Phi) is 4.81. The molecule has 102 valence electrons. The van der Waals surface area contributed by atoms with E-state index in [2.05, 4.69) is 56.5 Å². The van der Waals surface area contributed by atoms with Crippen LogP contribution in [0.15, 0.2) is 30.5 Å². The molecule has 0 fully saturated rings. The molecular formula is C14H18IN3O. The maximum atomic E-state index is 5.15. The van der Waals surface area contributed by atoms with Gasteiger partial charge in [-0.3, -0.25) is 4.57 Å². The molecule has 0 radical (unpaired) electrons. The van der Waals surface area contributed by atoms with E-state index in [4.69, 9.17) is 4.74 Å². The molecule has 0 aliphatic rings. The Hall–Kier alpha value is -1.08. The average Bonchev–Trinajstić information content (AvgIpc) is 2.71. The Labute approximate surface area is 127 Å². The van der Waals surface area contributed by atoms with Crippen molar-refractivity contribution in [3.63, 3.8) is 0 Å². The van der Waals surface area contributed by atoms with Crippen molar-refractivity contribution in [2.45, 2.75) is 19.9 Å². The van der Waals surface area contributed by atoms with Crippen molar-refractivity contribution >= 4 is 28.5 Å². The first kappa shape index (κ1) is 14.3. The highest BCUT2D eigenvalue weighted by Crippen LogP contribution is 2.22. The van der Waals surface area contributed by atoms with Gasteiger partial charge < -0.3 is 10.1 Å². The highest BCUT2D eigenvalue weighted by molar-refractivity contribution is 14.1. The lowest BCUT2D eigenvalue weighted by Gasteiger charge is -2.15. The van der Waals surface area contributed by atoms with Crippen LogP contribution in [0.25, 0.3) is 5.69 Å². The van der Waals surface area contributed by atoms with Crippen molar-refractivity contribution in [3.8, 4) is 5.69 Å². The zero-order chi connectivity index (χ0) is 13.8. The molecule has 4 nitrogen and oxygen atoms in total. The van der Waals surface area contributed by atoms with Gasteiger partial charge in [-0.1, -0.05) is 12.1 Å². The topological polar surface area (TPSA) is 39.1 Å². The van der Waals surface area contributed by atoms with Gasteiger partial charge in [-0.05, 0) is 48.6 Å². The molecule has 1 heterocycles. The van der Waals surface area contributed by atoms with E-state index in [-0.39, 0.29) is 6.04 Å². The summed E-state index contributed by atoms with van der Waals surface area (Å²) in [5.74, 6) is 0.853. The number of ether oxygens (including phenoxy) is 1. The third kappa shape index (κ3) is 3.48. The van der Waals surface area contributed by atoms with Crippen LogP contribution in [-0.2, 0) is 4.74 Å². The quantitative estimate of drug-likeness (QED) is 0.821. The Balaban J connectivity index is 2.33. The summed E-state index contributed by atoms with van der Waals surface area (Å²) in [7, 11) is 1.70. The SMILES string of the molecule is COCC(C)Nc1nc(C)cn1-c1ccccc1I. The molecular weight excluding hydrogens is 353 g/mol. The monoisotopic (exact) mass is 371 g/mol. The summed E-state index contributed by atoms with van der Waals surface area (Å²) in [4.78, 5) is 4.54. The van der Waals surface area contributed by atoms with Crippen molar-refractivity contribution in [2.24, 2.45) is 0 Å². The smallest absolute Gasteiger partial charge is 0.208 e. The van der Waals surface area contributed by atoms with Gasteiger partial charge in [0.2, 0.25) is 5.95 Å². The van der Waals surface area contributed by atoms with Crippen LogP contribution in [0.1, 0.15) is 12.6 Å².